The van der Waals surface area contributed by atoms with Crippen LogP contribution in [0.15, 0.2) is 29.9 Å². The fourth-order valence-electron chi connectivity index (χ4n) is 2.59. The number of carbonyl (C=O) groups excluding carboxylic acids is 1. The first-order valence-corrected chi connectivity index (χ1v) is 8.88. The van der Waals surface area contributed by atoms with Crippen LogP contribution in [0.3, 0.4) is 0 Å². The van der Waals surface area contributed by atoms with E-state index >= 15 is 0 Å². The summed E-state index contributed by atoms with van der Waals surface area (Å²) in [5, 5.41) is 11.7. The van der Waals surface area contributed by atoms with Gasteiger partial charge in [0.1, 0.15) is 0 Å². The van der Waals surface area contributed by atoms with Crippen LogP contribution in [0.4, 0.5) is 0 Å². The Morgan fingerprint density at radius 3 is 2.70 bits per heavy atom. The fourth-order valence-corrected chi connectivity index (χ4v) is 3.43. The number of β-amino-alcohol motifs (C(OH)–C–C–N with tert-alkyl or cyclic N) is 1. The van der Waals surface area contributed by atoms with Crippen LogP contribution >= 0.6 is 11.3 Å². The van der Waals surface area contributed by atoms with Gasteiger partial charge in [-0.05, 0) is 37.3 Å². The van der Waals surface area contributed by atoms with Crippen molar-refractivity contribution in [3.63, 3.8) is 0 Å². The third kappa shape index (κ3) is 3.95. The number of aliphatic hydroxyl groups is 1. The molecule has 1 unspecified atom stereocenters. The first-order chi connectivity index (χ1) is 11.2. The number of hydrogen-bond donors (Lipinski definition) is 1. The predicted octanol–water partition coefficient (Wildman–Crippen LogP) is 3.22. The van der Waals surface area contributed by atoms with Crippen molar-refractivity contribution in [2.24, 2.45) is 0 Å². The number of carbonyl (C=O) groups is 1. The van der Waals surface area contributed by atoms with Gasteiger partial charge in [-0.25, -0.2) is 9.97 Å². The molecule has 1 aliphatic rings. The van der Waals surface area contributed by atoms with Crippen LogP contribution in [0.25, 0.3) is 10.7 Å². The smallest absolute Gasteiger partial charge is 0.255 e. The Balaban J connectivity index is 0.000000924. The van der Waals surface area contributed by atoms with Crippen LogP contribution < -0.4 is 0 Å². The minimum Gasteiger partial charge on any atom is -0.391 e. The molecule has 23 heavy (non-hydrogen) atoms. The normalized spacial score (nSPS) is 20.6. The van der Waals surface area contributed by atoms with Crippen LogP contribution in [0.5, 0.6) is 0 Å². The highest BCUT2D eigenvalue weighted by atomic mass is 32.1. The number of aliphatic hydroxyl groups excluding tert-OH is 1. The molecule has 0 radical (unpaired) electrons. The zero-order valence-electron chi connectivity index (χ0n) is 13.8. The van der Waals surface area contributed by atoms with Gasteiger partial charge in [-0.3, -0.25) is 4.79 Å². The summed E-state index contributed by atoms with van der Waals surface area (Å²) in [7, 11) is 0. The third-order valence-electron chi connectivity index (χ3n) is 3.78. The molecule has 1 saturated heterocycles. The molecule has 0 aliphatic carbocycles. The standard InChI is InChI=1S/C15H17N3O2S.C2H6/c1-10-3-4-11(19)9-18(10)15(20)12-5-8-21-13(12)14-16-6-2-7-17-14;1-2/h2,5-8,10-11,19H,3-4,9H2,1H3;1-2H3/t10-,11?;/m1./s1. The summed E-state index contributed by atoms with van der Waals surface area (Å²) in [6.45, 7) is 6.42. The van der Waals surface area contributed by atoms with Crippen molar-refractivity contribution in [1.29, 1.82) is 0 Å². The average molecular weight is 333 g/mol. The number of amides is 1. The lowest BCUT2D eigenvalue weighted by molar-refractivity contribution is 0.0310. The van der Waals surface area contributed by atoms with Gasteiger partial charge in [0.15, 0.2) is 5.82 Å². The molecule has 2 aromatic rings. The molecule has 124 valence electrons. The number of rotatable bonds is 2. The van der Waals surface area contributed by atoms with E-state index in [1.54, 1.807) is 23.4 Å². The molecule has 0 spiro atoms. The van der Waals surface area contributed by atoms with E-state index in [4.69, 9.17) is 0 Å². The number of likely N-dealkylation sites (tertiary alicyclic amines) is 1. The predicted molar refractivity (Wildman–Crippen MR) is 92.4 cm³/mol. The van der Waals surface area contributed by atoms with Gasteiger partial charge < -0.3 is 10.0 Å². The van der Waals surface area contributed by atoms with Gasteiger partial charge >= 0.3 is 0 Å². The highest BCUT2D eigenvalue weighted by Crippen LogP contribution is 2.29. The van der Waals surface area contributed by atoms with E-state index in [0.29, 0.717) is 17.9 Å². The monoisotopic (exact) mass is 333 g/mol. The minimum absolute atomic E-state index is 0.0510. The molecule has 5 nitrogen and oxygen atoms in total. The Kier molecular flexibility index (Phi) is 6.24. The lowest BCUT2D eigenvalue weighted by Gasteiger charge is -2.36. The largest absolute Gasteiger partial charge is 0.391 e. The second-order valence-electron chi connectivity index (χ2n) is 5.27. The Morgan fingerprint density at radius 2 is 2.00 bits per heavy atom. The van der Waals surface area contributed by atoms with Crippen molar-refractivity contribution >= 4 is 17.2 Å². The number of thiophene rings is 1. The van der Waals surface area contributed by atoms with Crippen molar-refractivity contribution in [2.75, 3.05) is 6.54 Å². The molecule has 1 amide bonds. The molecular formula is C17H23N3O2S. The van der Waals surface area contributed by atoms with Crippen molar-refractivity contribution in [3.05, 3.63) is 35.5 Å². The van der Waals surface area contributed by atoms with Crippen LogP contribution in [0, 0.1) is 0 Å². The van der Waals surface area contributed by atoms with Crippen molar-refractivity contribution in [2.45, 2.75) is 45.8 Å². The van der Waals surface area contributed by atoms with Crippen LogP contribution in [-0.2, 0) is 0 Å². The lowest BCUT2D eigenvalue weighted by atomic mass is 10.0. The van der Waals surface area contributed by atoms with Crippen LogP contribution in [0.1, 0.15) is 44.0 Å². The molecule has 0 aromatic carbocycles. The first kappa shape index (κ1) is 17.6. The van der Waals surface area contributed by atoms with Crippen molar-refractivity contribution < 1.29 is 9.90 Å². The van der Waals surface area contributed by atoms with Gasteiger partial charge in [0.05, 0.1) is 16.5 Å². The van der Waals surface area contributed by atoms with Crippen molar-refractivity contribution in [1.82, 2.24) is 14.9 Å². The Bertz CT molecular complexity index is 630. The number of piperidine rings is 1. The summed E-state index contributed by atoms with van der Waals surface area (Å²) in [4.78, 5) is 23.8. The topological polar surface area (TPSA) is 66.3 Å². The molecule has 1 aliphatic heterocycles. The van der Waals surface area contributed by atoms with Gasteiger partial charge in [0.25, 0.3) is 5.91 Å². The molecule has 3 heterocycles. The SMILES string of the molecule is CC.C[C@@H]1CCC(O)CN1C(=O)c1ccsc1-c1ncccn1. The zero-order valence-corrected chi connectivity index (χ0v) is 14.6. The van der Waals surface area contributed by atoms with E-state index in [2.05, 4.69) is 9.97 Å². The van der Waals surface area contributed by atoms with Gasteiger partial charge in [0, 0.05) is 25.0 Å². The summed E-state index contributed by atoms with van der Waals surface area (Å²) in [5.74, 6) is 0.519. The van der Waals surface area contributed by atoms with E-state index in [1.165, 1.54) is 11.3 Å². The summed E-state index contributed by atoms with van der Waals surface area (Å²) in [6.07, 6.45) is 4.49. The molecule has 0 saturated carbocycles. The molecular weight excluding hydrogens is 310 g/mol. The number of hydrogen-bond acceptors (Lipinski definition) is 5. The molecule has 2 atom stereocenters. The Morgan fingerprint density at radius 1 is 1.30 bits per heavy atom. The Labute approximate surface area is 141 Å². The second-order valence-corrected chi connectivity index (χ2v) is 6.19. The van der Waals surface area contributed by atoms with Gasteiger partial charge in [-0.15, -0.1) is 11.3 Å². The van der Waals surface area contributed by atoms with Crippen molar-refractivity contribution in [3.8, 4) is 10.7 Å². The highest BCUT2D eigenvalue weighted by Gasteiger charge is 2.30. The quantitative estimate of drug-likeness (QED) is 0.916. The van der Waals surface area contributed by atoms with Gasteiger partial charge in [0.2, 0.25) is 0 Å². The second kappa shape index (κ2) is 8.17. The third-order valence-corrected chi connectivity index (χ3v) is 4.69. The molecule has 2 aromatic heterocycles. The minimum atomic E-state index is -0.430. The van der Waals surface area contributed by atoms with E-state index in [9.17, 15) is 9.90 Å². The number of nitrogens with zero attached hydrogens (tertiary/aromatic N) is 3. The fraction of sp³-hybridized carbons (Fsp3) is 0.471. The highest BCUT2D eigenvalue weighted by molar-refractivity contribution is 7.14. The van der Waals surface area contributed by atoms with Crippen LogP contribution in [-0.4, -0.2) is 44.6 Å². The van der Waals surface area contributed by atoms with E-state index < -0.39 is 6.10 Å². The first-order valence-electron chi connectivity index (χ1n) is 8.00. The molecule has 1 fully saturated rings. The van der Waals surface area contributed by atoms with Crippen LogP contribution in [0.2, 0.25) is 0 Å². The zero-order chi connectivity index (χ0) is 16.8. The number of aromatic nitrogens is 2. The Hall–Kier alpha value is -1.79. The average Bonchev–Trinajstić information content (AvgIpc) is 3.09. The summed E-state index contributed by atoms with van der Waals surface area (Å²) in [5.41, 5.74) is 0.618. The lowest BCUT2D eigenvalue weighted by Crippen LogP contribution is -2.47. The summed E-state index contributed by atoms with van der Waals surface area (Å²) >= 11 is 1.46. The molecule has 6 heteroatoms. The molecule has 1 N–H and O–H groups in total. The van der Waals surface area contributed by atoms with E-state index in [0.717, 1.165) is 17.7 Å². The molecule has 3 rings (SSSR count). The maximum absolute atomic E-state index is 12.8. The summed E-state index contributed by atoms with van der Waals surface area (Å²) in [6, 6.07) is 3.71. The maximum atomic E-state index is 12.8. The van der Waals surface area contributed by atoms with Gasteiger partial charge in [-0.2, -0.15) is 0 Å². The van der Waals surface area contributed by atoms with E-state index in [-0.39, 0.29) is 11.9 Å². The summed E-state index contributed by atoms with van der Waals surface area (Å²) < 4.78 is 0. The maximum Gasteiger partial charge on any atom is 0.255 e. The van der Waals surface area contributed by atoms with Gasteiger partial charge in [-0.1, -0.05) is 13.8 Å². The molecule has 0 bridgehead atoms. The van der Waals surface area contributed by atoms with E-state index in [1.807, 2.05) is 32.2 Å².